The lowest BCUT2D eigenvalue weighted by Crippen LogP contribution is -1.95. The third kappa shape index (κ3) is 3.35. The van der Waals surface area contributed by atoms with Crippen LogP contribution in [0.25, 0.3) is 0 Å². The molecule has 1 aromatic rings. The van der Waals surface area contributed by atoms with Crippen molar-refractivity contribution in [3.63, 3.8) is 0 Å². The van der Waals surface area contributed by atoms with Crippen molar-refractivity contribution in [1.29, 1.82) is 0 Å². The van der Waals surface area contributed by atoms with Gasteiger partial charge in [0.15, 0.2) is 0 Å². The molecular formula is C9H10ClNOS. The maximum Gasteiger partial charge on any atom is 0.123 e. The van der Waals surface area contributed by atoms with E-state index in [9.17, 15) is 5.11 Å². The summed E-state index contributed by atoms with van der Waals surface area (Å²) in [5.74, 6) is 2.53. The molecule has 1 aromatic heterocycles. The van der Waals surface area contributed by atoms with Crippen molar-refractivity contribution in [2.24, 2.45) is 0 Å². The predicted molar refractivity (Wildman–Crippen MR) is 54.8 cm³/mol. The van der Waals surface area contributed by atoms with Crippen molar-refractivity contribution in [3.05, 3.63) is 15.5 Å². The number of aliphatic hydroxyl groups is 1. The number of hydrogen-bond donors (Lipinski definition) is 1. The molecule has 2 nitrogen and oxygen atoms in total. The molecule has 0 aromatic carbocycles. The summed E-state index contributed by atoms with van der Waals surface area (Å²) in [5, 5.41) is 10.2. The SMILES string of the molecule is C#CCCCC(O)c1ncc(Cl)s1. The van der Waals surface area contributed by atoms with E-state index in [1.54, 1.807) is 6.20 Å². The average Bonchev–Trinajstić information content (AvgIpc) is 2.52. The first-order valence-electron chi connectivity index (χ1n) is 3.97. The Morgan fingerprint density at radius 3 is 3.08 bits per heavy atom. The Bertz CT molecular complexity index is 305. The zero-order valence-corrected chi connectivity index (χ0v) is 8.61. The number of rotatable bonds is 4. The molecule has 1 heterocycles. The molecule has 0 amide bonds. The summed E-state index contributed by atoms with van der Waals surface area (Å²) in [6.07, 6.45) is 8.27. The van der Waals surface area contributed by atoms with Crippen LogP contribution in [0.15, 0.2) is 6.20 Å². The van der Waals surface area contributed by atoms with Crippen LogP contribution in [0, 0.1) is 12.3 Å². The van der Waals surface area contributed by atoms with E-state index in [-0.39, 0.29) is 0 Å². The Kier molecular flexibility index (Phi) is 4.23. The monoisotopic (exact) mass is 215 g/mol. The Morgan fingerprint density at radius 2 is 2.54 bits per heavy atom. The van der Waals surface area contributed by atoms with Gasteiger partial charge in [0.25, 0.3) is 0 Å². The minimum absolute atomic E-state index is 0.522. The third-order valence-electron chi connectivity index (χ3n) is 1.58. The van der Waals surface area contributed by atoms with Crippen molar-refractivity contribution in [3.8, 4) is 12.3 Å². The summed E-state index contributed by atoms with van der Waals surface area (Å²) in [7, 11) is 0. The maximum atomic E-state index is 9.58. The van der Waals surface area contributed by atoms with E-state index >= 15 is 0 Å². The number of unbranched alkanes of at least 4 members (excludes halogenated alkanes) is 1. The van der Waals surface area contributed by atoms with Crippen LogP contribution in [-0.4, -0.2) is 10.1 Å². The molecule has 0 fully saturated rings. The van der Waals surface area contributed by atoms with Crippen LogP contribution in [0.5, 0.6) is 0 Å². The van der Waals surface area contributed by atoms with Crippen LogP contribution >= 0.6 is 22.9 Å². The molecule has 4 heteroatoms. The molecular weight excluding hydrogens is 206 g/mol. The Balaban J connectivity index is 2.40. The van der Waals surface area contributed by atoms with Crippen LogP contribution in [0.2, 0.25) is 4.34 Å². The van der Waals surface area contributed by atoms with Gasteiger partial charge in [-0.25, -0.2) is 4.98 Å². The van der Waals surface area contributed by atoms with Crippen molar-refractivity contribution >= 4 is 22.9 Å². The van der Waals surface area contributed by atoms with E-state index in [4.69, 9.17) is 18.0 Å². The highest BCUT2D eigenvalue weighted by molar-refractivity contribution is 7.15. The van der Waals surface area contributed by atoms with Crippen molar-refractivity contribution in [1.82, 2.24) is 4.98 Å². The zero-order chi connectivity index (χ0) is 9.68. The van der Waals surface area contributed by atoms with E-state index in [0.717, 1.165) is 6.42 Å². The second-order valence-electron chi connectivity index (χ2n) is 2.61. The minimum atomic E-state index is -0.522. The van der Waals surface area contributed by atoms with Gasteiger partial charge in [-0.1, -0.05) is 11.6 Å². The van der Waals surface area contributed by atoms with Gasteiger partial charge in [0.05, 0.1) is 6.20 Å². The molecule has 0 saturated heterocycles. The largest absolute Gasteiger partial charge is 0.386 e. The lowest BCUT2D eigenvalue weighted by Gasteiger charge is -2.04. The highest BCUT2D eigenvalue weighted by Gasteiger charge is 2.10. The lowest BCUT2D eigenvalue weighted by atomic mass is 10.2. The van der Waals surface area contributed by atoms with Gasteiger partial charge in [-0.05, 0) is 12.8 Å². The van der Waals surface area contributed by atoms with E-state index in [1.165, 1.54) is 11.3 Å². The Hall–Kier alpha value is -0.560. The number of aliphatic hydroxyl groups excluding tert-OH is 1. The Morgan fingerprint density at radius 1 is 1.77 bits per heavy atom. The third-order valence-corrected chi connectivity index (χ3v) is 2.80. The molecule has 1 rings (SSSR count). The van der Waals surface area contributed by atoms with E-state index in [2.05, 4.69) is 10.9 Å². The Labute approximate surface area is 86.6 Å². The van der Waals surface area contributed by atoms with Gasteiger partial charge < -0.3 is 5.11 Å². The normalized spacial score (nSPS) is 12.4. The molecule has 0 spiro atoms. The van der Waals surface area contributed by atoms with Crippen LogP contribution in [0.3, 0.4) is 0 Å². The quantitative estimate of drug-likeness (QED) is 0.619. The second kappa shape index (κ2) is 5.23. The first-order valence-corrected chi connectivity index (χ1v) is 5.16. The molecule has 0 aliphatic rings. The molecule has 0 bridgehead atoms. The number of nitrogens with zero attached hydrogens (tertiary/aromatic N) is 1. The summed E-state index contributed by atoms with van der Waals surface area (Å²) in [4.78, 5) is 3.98. The maximum absolute atomic E-state index is 9.58. The summed E-state index contributed by atoms with van der Waals surface area (Å²) in [5.41, 5.74) is 0. The number of terminal acetylenes is 1. The molecule has 1 atom stereocenters. The lowest BCUT2D eigenvalue weighted by molar-refractivity contribution is 0.165. The molecule has 70 valence electrons. The molecule has 0 saturated carbocycles. The van der Waals surface area contributed by atoms with Gasteiger partial charge >= 0.3 is 0 Å². The fraction of sp³-hybridized carbons (Fsp3) is 0.444. The minimum Gasteiger partial charge on any atom is -0.386 e. The van der Waals surface area contributed by atoms with Crippen LogP contribution in [0.1, 0.15) is 30.4 Å². The fourth-order valence-corrected chi connectivity index (χ4v) is 1.89. The second-order valence-corrected chi connectivity index (χ2v) is 4.31. The van der Waals surface area contributed by atoms with E-state index < -0.39 is 6.10 Å². The topological polar surface area (TPSA) is 33.1 Å². The summed E-state index contributed by atoms with van der Waals surface area (Å²) in [6, 6.07) is 0. The predicted octanol–water partition coefficient (Wildman–Crippen LogP) is 2.63. The zero-order valence-electron chi connectivity index (χ0n) is 7.03. The van der Waals surface area contributed by atoms with Crippen LogP contribution < -0.4 is 0 Å². The number of aromatic nitrogens is 1. The standard InChI is InChI=1S/C9H10ClNOS/c1-2-3-4-5-7(12)9-11-6-8(10)13-9/h1,6-7,12H,3-5H2. The number of hydrogen-bond acceptors (Lipinski definition) is 3. The van der Waals surface area contributed by atoms with Gasteiger partial charge in [-0.3, -0.25) is 0 Å². The number of halogens is 1. The van der Waals surface area contributed by atoms with Gasteiger partial charge in [0.1, 0.15) is 15.4 Å². The number of thiazole rings is 1. The van der Waals surface area contributed by atoms with Crippen LogP contribution in [0.4, 0.5) is 0 Å². The van der Waals surface area contributed by atoms with Gasteiger partial charge in [0, 0.05) is 6.42 Å². The fourth-order valence-electron chi connectivity index (χ4n) is 0.942. The van der Waals surface area contributed by atoms with Crippen molar-refractivity contribution < 1.29 is 5.11 Å². The van der Waals surface area contributed by atoms with Crippen molar-refractivity contribution in [2.75, 3.05) is 0 Å². The highest BCUT2D eigenvalue weighted by atomic mass is 35.5. The summed E-state index contributed by atoms with van der Waals surface area (Å²) >= 11 is 6.98. The summed E-state index contributed by atoms with van der Waals surface area (Å²) < 4.78 is 0.603. The van der Waals surface area contributed by atoms with E-state index in [1.807, 2.05) is 0 Å². The van der Waals surface area contributed by atoms with Gasteiger partial charge in [-0.15, -0.1) is 23.7 Å². The molecule has 13 heavy (non-hydrogen) atoms. The molecule has 0 aliphatic carbocycles. The smallest absolute Gasteiger partial charge is 0.123 e. The first kappa shape index (κ1) is 10.5. The van der Waals surface area contributed by atoms with Crippen LogP contribution in [-0.2, 0) is 0 Å². The molecule has 1 N–H and O–H groups in total. The van der Waals surface area contributed by atoms with E-state index in [0.29, 0.717) is 22.2 Å². The van der Waals surface area contributed by atoms with Crippen molar-refractivity contribution in [2.45, 2.75) is 25.4 Å². The molecule has 0 radical (unpaired) electrons. The highest BCUT2D eigenvalue weighted by Crippen LogP contribution is 2.26. The average molecular weight is 216 g/mol. The van der Waals surface area contributed by atoms with Gasteiger partial charge in [-0.2, -0.15) is 0 Å². The van der Waals surface area contributed by atoms with Gasteiger partial charge in [0.2, 0.25) is 0 Å². The molecule has 0 aliphatic heterocycles. The summed E-state index contributed by atoms with van der Waals surface area (Å²) in [6.45, 7) is 0. The first-order chi connectivity index (χ1) is 6.24. The molecule has 1 unspecified atom stereocenters.